The molecule has 2 aromatic rings. The third kappa shape index (κ3) is 4.22. The number of halogens is 5. The number of alkyl halides is 3. The predicted octanol–water partition coefficient (Wildman–Crippen LogP) is 3.93. The Morgan fingerprint density at radius 2 is 2.05 bits per heavy atom. The van der Waals surface area contributed by atoms with Crippen molar-refractivity contribution in [2.75, 3.05) is 0 Å². The molecular formula is C12H9BrF4N2O. The molecule has 0 spiro atoms. The molecule has 0 atom stereocenters. The van der Waals surface area contributed by atoms with E-state index >= 15 is 0 Å². The molecule has 1 heterocycles. The lowest BCUT2D eigenvalue weighted by Gasteiger charge is -2.06. The predicted molar refractivity (Wildman–Crippen MR) is 66.7 cm³/mol. The second-order valence-corrected chi connectivity index (χ2v) is 4.88. The summed E-state index contributed by atoms with van der Waals surface area (Å²) in [7, 11) is 0. The van der Waals surface area contributed by atoms with Gasteiger partial charge in [-0.25, -0.2) is 4.39 Å². The number of aromatic nitrogens is 2. The van der Waals surface area contributed by atoms with Crippen molar-refractivity contribution in [3.05, 3.63) is 46.4 Å². The van der Waals surface area contributed by atoms with E-state index in [1.165, 1.54) is 24.4 Å². The van der Waals surface area contributed by atoms with Gasteiger partial charge in [0.05, 0.1) is 16.9 Å². The van der Waals surface area contributed by atoms with Gasteiger partial charge in [0, 0.05) is 0 Å². The van der Waals surface area contributed by atoms with Crippen LogP contribution in [0.5, 0.6) is 5.75 Å². The highest BCUT2D eigenvalue weighted by Crippen LogP contribution is 2.20. The zero-order chi connectivity index (χ0) is 14.8. The first-order valence-electron chi connectivity index (χ1n) is 5.49. The number of benzene rings is 1. The fourth-order valence-corrected chi connectivity index (χ4v) is 1.91. The second kappa shape index (κ2) is 5.82. The van der Waals surface area contributed by atoms with Crippen LogP contribution in [0.15, 0.2) is 35.1 Å². The third-order valence-electron chi connectivity index (χ3n) is 2.34. The number of rotatable bonds is 4. The maximum absolute atomic E-state index is 13.0. The summed E-state index contributed by atoms with van der Waals surface area (Å²) >= 11 is 3.04. The lowest BCUT2D eigenvalue weighted by Crippen LogP contribution is -2.17. The Labute approximate surface area is 120 Å². The first-order chi connectivity index (χ1) is 9.33. The molecule has 3 nitrogen and oxygen atoms in total. The Balaban J connectivity index is 1.95. The normalized spacial score (nSPS) is 11.7. The first-order valence-corrected chi connectivity index (χ1v) is 6.29. The summed E-state index contributed by atoms with van der Waals surface area (Å²) in [4.78, 5) is 0. The molecule has 2 rings (SSSR count). The van der Waals surface area contributed by atoms with Gasteiger partial charge in [-0.05, 0) is 33.6 Å². The summed E-state index contributed by atoms with van der Waals surface area (Å²) in [5.74, 6) is -0.179. The summed E-state index contributed by atoms with van der Waals surface area (Å²) in [6.45, 7) is -1.06. The summed E-state index contributed by atoms with van der Waals surface area (Å²) in [5, 5.41) is 3.55. The Morgan fingerprint density at radius 3 is 2.70 bits per heavy atom. The molecule has 0 unspecified atom stereocenters. The highest BCUT2D eigenvalue weighted by atomic mass is 79.9. The second-order valence-electron chi connectivity index (χ2n) is 4.03. The molecule has 0 saturated carbocycles. The Bertz CT molecular complexity index is 597. The van der Waals surface area contributed by atoms with E-state index in [1.807, 2.05) is 0 Å². The van der Waals surface area contributed by atoms with E-state index in [4.69, 9.17) is 4.74 Å². The maximum Gasteiger partial charge on any atom is 0.408 e. The molecule has 20 heavy (non-hydrogen) atoms. The number of hydrogen-bond acceptors (Lipinski definition) is 2. The van der Waals surface area contributed by atoms with Crippen molar-refractivity contribution in [3.63, 3.8) is 0 Å². The minimum atomic E-state index is -4.33. The molecular weight excluding hydrogens is 344 g/mol. The Morgan fingerprint density at radius 1 is 1.30 bits per heavy atom. The standard InChI is InChI=1S/C12H9BrF4N2O/c13-10-3-8(1-2-11(10)14)6-20-9-4-18-19(5-9)7-12(15,16)17/h1-5H,6-7H2. The molecule has 0 aliphatic carbocycles. The van der Waals surface area contributed by atoms with Crippen LogP contribution >= 0.6 is 15.9 Å². The van der Waals surface area contributed by atoms with E-state index in [-0.39, 0.29) is 12.4 Å². The van der Waals surface area contributed by atoms with Crippen molar-refractivity contribution in [2.45, 2.75) is 19.3 Å². The average molecular weight is 353 g/mol. The van der Waals surface area contributed by atoms with Crippen LogP contribution in [-0.4, -0.2) is 16.0 Å². The third-order valence-corrected chi connectivity index (χ3v) is 2.95. The molecule has 0 radical (unpaired) electrons. The molecule has 1 aromatic heterocycles. The molecule has 108 valence electrons. The highest BCUT2D eigenvalue weighted by molar-refractivity contribution is 9.10. The average Bonchev–Trinajstić information content (AvgIpc) is 2.76. The molecule has 0 bridgehead atoms. The molecule has 0 amide bonds. The monoisotopic (exact) mass is 352 g/mol. The van der Waals surface area contributed by atoms with Crippen LogP contribution in [0, 0.1) is 5.82 Å². The van der Waals surface area contributed by atoms with Crippen LogP contribution in [0.3, 0.4) is 0 Å². The maximum atomic E-state index is 13.0. The number of hydrogen-bond donors (Lipinski definition) is 0. The molecule has 8 heteroatoms. The SMILES string of the molecule is Fc1ccc(COc2cnn(CC(F)(F)F)c2)cc1Br. The van der Waals surface area contributed by atoms with Crippen LogP contribution in [0.4, 0.5) is 17.6 Å². The zero-order valence-corrected chi connectivity index (χ0v) is 11.6. The molecule has 0 fully saturated rings. The van der Waals surface area contributed by atoms with Gasteiger partial charge < -0.3 is 4.74 Å². The zero-order valence-electron chi connectivity index (χ0n) is 9.99. The van der Waals surface area contributed by atoms with Crippen molar-refractivity contribution < 1.29 is 22.3 Å². The summed E-state index contributed by atoms with van der Waals surface area (Å²) in [6.07, 6.45) is -1.97. The molecule has 0 N–H and O–H groups in total. The van der Waals surface area contributed by atoms with Crippen molar-refractivity contribution in [3.8, 4) is 5.75 Å². The fourth-order valence-electron chi connectivity index (χ4n) is 1.49. The van der Waals surface area contributed by atoms with Crippen LogP contribution < -0.4 is 4.74 Å². The van der Waals surface area contributed by atoms with E-state index in [1.54, 1.807) is 0 Å². The van der Waals surface area contributed by atoms with Crippen molar-refractivity contribution in [1.29, 1.82) is 0 Å². The van der Waals surface area contributed by atoms with Crippen molar-refractivity contribution in [1.82, 2.24) is 9.78 Å². The smallest absolute Gasteiger partial charge is 0.408 e. The molecule has 1 aromatic carbocycles. The van der Waals surface area contributed by atoms with Crippen molar-refractivity contribution in [2.24, 2.45) is 0 Å². The van der Waals surface area contributed by atoms with Gasteiger partial charge in [0.2, 0.25) is 0 Å². The topological polar surface area (TPSA) is 27.1 Å². The molecule has 0 saturated heterocycles. The highest BCUT2D eigenvalue weighted by Gasteiger charge is 2.28. The first kappa shape index (κ1) is 14.8. The van der Waals surface area contributed by atoms with E-state index < -0.39 is 18.5 Å². The summed E-state index contributed by atoms with van der Waals surface area (Å²) in [5.41, 5.74) is 0.682. The van der Waals surface area contributed by atoms with Gasteiger partial charge in [0.1, 0.15) is 19.0 Å². The van der Waals surface area contributed by atoms with Gasteiger partial charge in [0.25, 0.3) is 0 Å². The Hall–Kier alpha value is -1.57. The van der Waals surface area contributed by atoms with E-state index in [0.29, 0.717) is 10.0 Å². The fraction of sp³-hybridized carbons (Fsp3) is 0.250. The van der Waals surface area contributed by atoms with Crippen LogP contribution in [-0.2, 0) is 13.2 Å². The number of ether oxygens (including phenoxy) is 1. The lowest BCUT2D eigenvalue weighted by atomic mass is 10.2. The van der Waals surface area contributed by atoms with E-state index in [0.717, 1.165) is 10.9 Å². The quantitative estimate of drug-likeness (QED) is 0.779. The molecule has 0 aliphatic rings. The minimum absolute atomic E-state index is 0.108. The number of nitrogens with zero attached hydrogens (tertiary/aromatic N) is 2. The largest absolute Gasteiger partial charge is 0.486 e. The van der Waals surface area contributed by atoms with Gasteiger partial charge in [0.15, 0.2) is 5.75 Å². The molecule has 0 aliphatic heterocycles. The van der Waals surface area contributed by atoms with Gasteiger partial charge in [-0.15, -0.1) is 0 Å². The lowest BCUT2D eigenvalue weighted by molar-refractivity contribution is -0.142. The minimum Gasteiger partial charge on any atom is -0.486 e. The van der Waals surface area contributed by atoms with Crippen molar-refractivity contribution >= 4 is 15.9 Å². The van der Waals surface area contributed by atoms with Crippen LogP contribution in [0.2, 0.25) is 0 Å². The van der Waals surface area contributed by atoms with E-state index in [2.05, 4.69) is 21.0 Å². The van der Waals surface area contributed by atoms with Gasteiger partial charge in [-0.2, -0.15) is 18.3 Å². The Kier molecular flexibility index (Phi) is 4.32. The van der Waals surface area contributed by atoms with Crippen LogP contribution in [0.1, 0.15) is 5.56 Å². The summed E-state index contributed by atoms with van der Waals surface area (Å²) in [6, 6.07) is 4.34. The van der Waals surface area contributed by atoms with Gasteiger partial charge in [-0.3, -0.25) is 4.68 Å². The van der Waals surface area contributed by atoms with Gasteiger partial charge in [-0.1, -0.05) is 6.07 Å². The van der Waals surface area contributed by atoms with Gasteiger partial charge >= 0.3 is 6.18 Å². The summed E-state index contributed by atoms with van der Waals surface area (Å²) < 4.78 is 55.8. The van der Waals surface area contributed by atoms with E-state index in [9.17, 15) is 17.6 Å². The van der Waals surface area contributed by atoms with Crippen LogP contribution in [0.25, 0.3) is 0 Å².